The van der Waals surface area contributed by atoms with E-state index in [1.54, 1.807) is 0 Å². The monoisotopic (exact) mass is 289 g/mol. The summed E-state index contributed by atoms with van der Waals surface area (Å²) < 4.78 is 5.05. The Hall–Kier alpha value is -0.260. The maximum Gasteiger partial charge on any atom is 0.308 e. The Morgan fingerprint density at radius 1 is 1.47 bits per heavy atom. The highest BCUT2D eigenvalue weighted by molar-refractivity contribution is 7.98. The summed E-state index contributed by atoms with van der Waals surface area (Å²) in [5, 5.41) is 10.6. The lowest BCUT2D eigenvalue weighted by atomic mass is 9.78. The van der Waals surface area contributed by atoms with Gasteiger partial charge < -0.3 is 14.7 Å². The van der Waals surface area contributed by atoms with Crippen molar-refractivity contribution in [3.63, 3.8) is 0 Å². The average Bonchev–Trinajstić information content (AvgIpc) is 2.37. The van der Waals surface area contributed by atoms with Gasteiger partial charge >= 0.3 is 5.97 Å². The highest BCUT2D eigenvalue weighted by Gasteiger charge is 2.36. The second kappa shape index (κ2) is 8.12. The lowest BCUT2D eigenvalue weighted by molar-refractivity contribution is -0.151. The molecular weight excluding hydrogens is 262 g/mol. The van der Waals surface area contributed by atoms with Crippen LogP contribution in [0.25, 0.3) is 0 Å². The van der Waals surface area contributed by atoms with E-state index in [0.29, 0.717) is 26.0 Å². The third kappa shape index (κ3) is 5.71. The maximum absolute atomic E-state index is 11.7. The number of aliphatic hydroxyl groups is 1. The van der Waals surface area contributed by atoms with E-state index in [4.69, 9.17) is 4.74 Å². The van der Waals surface area contributed by atoms with Crippen LogP contribution >= 0.6 is 11.8 Å². The summed E-state index contributed by atoms with van der Waals surface area (Å²) in [4.78, 5) is 13.8. The number of rotatable bonds is 7. The van der Waals surface area contributed by atoms with Crippen LogP contribution in [0.5, 0.6) is 0 Å². The highest BCUT2D eigenvalue weighted by atomic mass is 32.2. The summed E-state index contributed by atoms with van der Waals surface area (Å²) in [5.74, 6) is 0.968. The molecule has 19 heavy (non-hydrogen) atoms. The van der Waals surface area contributed by atoms with Crippen LogP contribution in [0.15, 0.2) is 0 Å². The summed E-state index contributed by atoms with van der Waals surface area (Å²) in [6.07, 6.45) is 4.96. The summed E-state index contributed by atoms with van der Waals surface area (Å²) in [7, 11) is 2.05. The molecule has 1 saturated carbocycles. The second-order valence-electron chi connectivity index (χ2n) is 5.48. The lowest BCUT2D eigenvalue weighted by Crippen LogP contribution is -2.45. The normalized spacial score (nSPS) is 27.5. The van der Waals surface area contributed by atoms with Crippen LogP contribution in [0.1, 0.15) is 32.6 Å². The Morgan fingerprint density at radius 2 is 2.11 bits per heavy atom. The Bertz CT molecular complexity index is 278. The van der Waals surface area contributed by atoms with E-state index in [2.05, 4.69) is 11.2 Å². The Labute approximate surface area is 120 Å². The van der Waals surface area contributed by atoms with Crippen molar-refractivity contribution in [3.8, 4) is 0 Å². The molecular formula is C14H27NO3S. The van der Waals surface area contributed by atoms with Gasteiger partial charge in [-0.05, 0) is 45.9 Å². The number of esters is 1. The van der Waals surface area contributed by atoms with Crippen molar-refractivity contribution in [2.24, 2.45) is 5.92 Å². The molecule has 0 unspecified atom stereocenters. The number of ether oxygens (including phenoxy) is 1. The molecule has 5 heteroatoms. The number of nitrogens with zero attached hydrogens (tertiary/aromatic N) is 1. The fraction of sp³-hybridized carbons (Fsp3) is 0.929. The van der Waals surface area contributed by atoms with Crippen molar-refractivity contribution in [3.05, 3.63) is 0 Å². The zero-order valence-corrected chi connectivity index (χ0v) is 13.2. The van der Waals surface area contributed by atoms with E-state index in [0.717, 1.165) is 25.1 Å². The van der Waals surface area contributed by atoms with E-state index in [1.165, 1.54) is 0 Å². The molecule has 0 aliphatic heterocycles. The van der Waals surface area contributed by atoms with Crippen molar-refractivity contribution in [2.75, 3.05) is 38.8 Å². The van der Waals surface area contributed by atoms with Crippen molar-refractivity contribution >= 4 is 17.7 Å². The van der Waals surface area contributed by atoms with E-state index in [9.17, 15) is 9.90 Å². The molecule has 0 aromatic heterocycles. The molecule has 0 atom stereocenters. The first-order valence-corrected chi connectivity index (χ1v) is 8.46. The largest absolute Gasteiger partial charge is 0.466 e. The molecule has 0 saturated heterocycles. The van der Waals surface area contributed by atoms with Crippen LogP contribution in [0, 0.1) is 5.92 Å². The molecule has 0 aromatic rings. The minimum absolute atomic E-state index is 0.0169. The number of thioether (sulfide) groups is 1. The Morgan fingerprint density at radius 3 is 2.63 bits per heavy atom. The number of hydrogen-bond donors (Lipinski definition) is 1. The first-order valence-electron chi connectivity index (χ1n) is 7.07. The van der Waals surface area contributed by atoms with Crippen molar-refractivity contribution in [1.29, 1.82) is 0 Å². The molecule has 0 aromatic carbocycles. The predicted molar refractivity (Wildman–Crippen MR) is 79.4 cm³/mol. The molecule has 1 fully saturated rings. The lowest BCUT2D eigenvalue weighted by Gasteiger charge is -2.37. The van der Waals surface area contributed by atoms with Gasteiger partial charge in [0, 0.05) is 18.8 Å². The molecule has 0 bridgehead atoms. The fourth-order valence-electron chi connectivity index (χ4n) is 2.64. The van der Waals surface area contributed by atoms with Gasteiger partial charge in [0.05, 0.1) is 18.1 Å². The van der Waals surface area contributed by atoms with Gasteiger partial charge in [-0.15, -0.1) is 0 Å². The van der Waals surface area contributed by atoms with Gasteiger partial charge in [0.15, 0.2) is 0 Å². The second-order valence-corrected chi connectivity index (χ2v) is 6.47. The van der Waals surface area contributed by atoms with Crippen molar-refractivity contribution in [2.45, 2.75) is 38.2 Å². The number of likely N-dealkylation sites (N-methyl/N-ethyl adjacent to an activating group) is 1. The average molecular weight is 289 g/mol. The van der Waals surface area contributed by atoms with Crippen LogP contribution in [0.4, 0.5) is 0 Å². The van der Waals surface area contributed by atoms with E-state index in [1.807, 2.05) is 25.7 Å². The standard InChI is InChI=1S/C14H27NO3S/c1-4-18-13(16)12-5-7-14(17,8-6-12)11-15(2)9-10-19-3/h12,17H,4-11H2,1-3H3. The summed E-state index contributed by atoms with van der Waals surface area (Å²) in [5.41, 5.74) is -0.629. The minimum atomic E-state index is -0.629. The Kier molecular flexibility index (Phi) is 7.18. The first kappa shape index (κ1) is 16.8. The maximum atomic E-state index is 11.7. The van der Waals surface area contributed by atoms with E-state index in [-0.39, 0.29) is 11.9 Å². The van der Waals surface area contributed by atoms with Gasteiger partial charge in [0.2, 0.25) is 0 Å². The molecule has 1 aliphatic carbocycles. The van der Waals surface area contributed by atoms with Crippen molar-refractivity contribution < 1.29 is 14.6 Å². The van der Waals surface area contributed by atoms with Crippen LogP contribution in [-0.4, -0.2) is 60.3 Å². The van der Waals surface area contributed by atoms with Crippen molar-refractivity contribution in [1.82, 2.24) is 4.90 Å². The molecule has 0 amide bonds. The molecule has 0 spiro atoms. The summed E-state index contributed by atoms with van der Waals surface area (Å²) in [6, 6.07) is 0. The van der Waals surface area contributed by atoms with Gasteiger partial charge in [-0.2, -0.15) is 11.8 Å². The first-order chi connectivity index (χ1) is 9.00. The summed E-state index contributed by atoms with van der Waals surface area (Å²) in [6.45, 7) is 3.96. The number of carbonyl (C=O) groups is 1. The zero-order chi connectivity index (χ0) is 14.3. The molecule has 1 N–H and O–H groups in total. The van der Waals surface area contributed by atoms with Crippen LogP contribution in [0.3, 0.4) is 0 Å². The van der Waals surface area contributed by atoms with Crippen LogP contribution in [-0.2, 0) is 9.53 Å². The highest BCUT2D eigenvalue weighted by Crippen LogP contribution is 2.33. The van der Waals surface area contributed by atoms with Gasteiger partial charge in [-0.25, -0.2) is 0 Å². The Balaban J connectivity index is 2.36. The van der Waals surface area contributed by atoms with Crippen LogP contribution in [0.2, 0.25) is 0 Å². The van der Waals surface area contributed by atoms with E-state index >= 15 is 0 Å². The topological polar surface area (TPSA) is 49.8 Å². The fourth-order valence-corrected chi connectivity index (χ4v) is 3.13. The third-order valence-corrected chi connectivity index (χ3v) is 4.37. The molecule has 1 rings (SSSR count). The SMILES string of the molecule is CCOC(=O)C1CCC(O)(CN(C)CCSC)CC1. The molecule has 4 nitrogen and oxygen atoms in total. The van der Waals surface area contributed by atoms with Gasteiger partial charge in [-0.1, -0.05) is 0 Å². The number of carbonyl (C=O) groups excluding carboxylic acids is 1. The zero-order valence-electron chi connectivity index (χ0n) is 12.4. The molecule has 112 valence electrons. The van der Waals surface area contributed by atoms with Gasteiger partial charge in [0.1, 0.15) is 0 Å². The smallest absolute Gasteiger partial charge is 0.308 e. The van der Waals surface area contributed by atoms with Gasteiger partial charge in [-0.3, -0.25) is 4.79 Å². The predicted octanol–water partition coefficient (Wildman–Crippen LogP) is 1.77. The molecule has 0 heterocycles. The summed E-state index contributed by atoms with van der Waals surface area (Å²) >= 11 is 1.82. The number of hydrogen-bond acceptors (Lipinski definition) is 5. The molecule has 0 radical (unpaired) electrons. The quantitative estimate of drug-likeness (QED) is 0.724. The van der Waals surface area contributed by atoms with Gasteiger partial charge in [0.25, 0.3) is 0 Å². The molecule has 1 aliphatic rings. The minimum Gasteiger partial charge on any atom is -0.466 e. The van der Waals surface area contributed by atoms with Crippen LogP contribution < -0.4 is 0 Å². The van der Waals surface area contributed by atoms with E-state index < -0.39 is 5.60 Å². The third-order valence-electron chi connectivity index (χ3n) is 3.78.